The average molecular weight is 1100 g/mol. The van der Waals surface area contributed by atoms with Crippen molar-refractivity contribution in [1.82, 2.24) is 20.6 Å². The maximum absolute atomic E-state index is 14.3. The highest BCUT2D eigenvalue weighted by atomic mass is 16.6. The molecule has 0 fully saturated rings. The number of fused-ring (bicyclic) bond motifs is 6. The molecule has 4 heterocycles. The number of unbranched alkanes of at least 4 members (excludes halogenated alkanes) is 2. The van der Waals surface area contributed by atoms with Crippen molar-refractivity contribution in [3.05, 3.63) is 141 Å². The van der Waals surface area contributed by atoms with Crippen molar-refractivity contribution in [3.8, 4) is 17.2 Å². The number of hydrogen-bond acceptors (Lipinski definition) is 13. The number of nitrogens with zero attached hydrogens (tertiary/aromatic N) is 3. The SMILES string of the molecule is CCNOCCCCC(=O)CCCCC(=O)N[C@@H](C)C(=O)C[C@@H](C)C(=O)Nc1cc(COc2cc3c(cc2C)C(=O)N2Cc4ccccc4C[C@H]2CN3C)cc(COc2cc3c(cc2OC)C(=O)N2Cc4ccccc4C[C@H]2CN3)c1. The van der Waals surface area contributed by atoms with Crippen LogP contribution in [0.25, 0.3) is 0 Å². The van der Waals surface area contributed by atoms with Crippen molar-refractivity contribution in [2.24, 2.45) is 5.92 Å². The zero-order chi connectivity index (χ0) is 57.2. The number of carbonyl (C=O) groups excluding carboxylic acids is 6. The molecule has 4 aliphatic heterocycles. The third-order valence-corrected chi connectivity index (χ3v) is 15.9. The highest BCUT2D eigenvalue weighted by Crippen LogP contribution is 2.40. The van der Waals surface area contributed by atoms with Crippen molar-refractivity contribution < 1.29 is 47.8 Å². The summed E-state index contributed by atoms with van der Waals surface area (Å²) < 4.78 is 19.0. The van der Waals surface area contributed by atoms with Gasteiger partial charge in [-0.25, -0.2) is 5.48 Å². The summed E-state index contributed by atoms with van der Waals surface area (Å²) in [6.45, 7) is 10.9. The summed E-state index contributed by atoms with van der Waals surface area (Å²) in [5.41, 5.74) is 12.8. The zero-order valence-corrected chi connectivity index (χ0v) is 47.6. The molecule has 0 aromatic heterocycles. The molecule has 0 aliphatic carbocycles. The van der Waals surface area contributed by atoms with E-state index in [0.29, 0.717) is 109 Å². The third-order valence-electron chi connectivity index (χ3n) is 15.9. The Bertz CT molecular complexity index is 3140. The molecular weight excluding hydrogens is 1030 g/mol. The van der Waals surface area contributed by atoms with Crippen molar-refractivity contribution in [2.45, 2.75) is 136 Å². The van der Waals surface area contributed by atoms with Crippen molar-refractivity contribution in [1.29, 1.82) is 0 Å². The van der Waals surface area contributed by atoms with Gasteiger partial charge in [-0.15, -0.1) is 0 Å². The molecule has 9 rings (SSSR count). The summed E-state index contributed by atoms with van der Waals surface area (Å²) in [6.07, 6.45) is 5.12. The minimum Gasteiger partial charge on any atom is -0.493 e. The average Bonchev–Trinajstić information content (AvgIpc) is 3.65. The Kier molecular flexibility index (Phi) is 19.1. The molecular formula is C64H77N7O10. The van der Waals surface area contributed by atoms with E-state index >= 15 is 0 Å². The topological polar surface area (TPSA) is 197 Å². The number of nitrogens with one attached hydrogen (secondary N) is 4. The second-order valence-electron chi connectivity index (χ2n) is 22.1. The van der Waals surface area contributed by atoms with E-state index in [2.05, 4.69) is 56.7 Å². The number of likely N-dealkylation sites (N-methyl/N-ethyl adjacent to an activating group) is 1. The molecule has 17 heteroatoms. The number of hydroxylamine groups is 1. The summed E-state index contributed by atoms with van der Waals surface area (Å²) in [5, 5.41) is 9.32. The maximum Gasteiger partial charge on any atom is 0.256 e. The molecule has 4 amide bonds. The Morgan fingerprint density at radius 1 is 0.716 bits per heavy atom. The molecule has 81 heavy (non-hydrogen) atoms. The van der Waals surface area contributed by atoms with E-state index in [1.165, 1.54) is 23.8 Å². The first-order valence-electron chi connectivity index (χ1n) is 28.6. The Labute approximate surface area is 475 Å². The predicted octanol–water partition coefficient (Wildman–Crippen LogP) is 9.05. The number of ketones is 2. The van der Waals surface area contributed by atoms with Gasteiger partial charge in [0.1, 0.15) is 24.7 Å². The Balaban J connectivity index is 0.871. The molecule has 4 aliphatic rings. The van der Waals surface area contributed by atoms with Crippen LogP contribution in [0.15, 0.2) is 91.0 Å². The molecule has 4 atom stereocenters. The van der Waals surface area contributed by atoms with Gasteiger partial charge in [0.2, 0.25) is 11.8 Å². The monoisotopic (exact) mass is 1100 g/mol. The lowest BCUT2D eigenvalue weighted by Gasteiger charge is -2.36. The number of Topliss-reactive ketones (excluding diaryl/α,β-unsaturated/α-hetero) is 2. The van der Waals surface area contributed by atoms with Crippen LogP contribution in [0.3, 0.4) is 0 Å². The van der Waals surface area contributed by atoms with Crippen molar-refractivity contribution in [3.63, 3.8) is 0 Å². The van der Waals surface area contributed by atoms with Crippen LogP contribution in [-0.2, 0) is 63.2 Å². The Hall–Kier alpha value is -7.76. The number of hydrogen-bond donors (Lipinski definition) is 4. The molecule has 4 N–H and O–H groups in total. The molecule has 0 bridgehead atoms. The van der Waals surface area contributed by atoms with Crippen LogP contribution in [0.4, 0.5) is 17.1 Å². The lowest BCUT2D eigenvalue weighted by atomic mass is 9.93. The van der Waals surface area contributed by atoms with Crippen LogP contribution in [0, 0.1) is 12.8 Å². The van der Waals surface area contributed by atoms with Crippen LogP contribution in [0.2, 0.25) is 0 Å². The molecule has 0 saturated carbocycles. The number of amides is 4. The summed E-state index contributed by atoms with van der Waals surface area (Å²) in [7, 11) is 3.55. The lowest BCUT2D eigenvalue weighted by Crippen LogP contribution is -2.47. The van der Waals surface area contributed by atoms with Gasteiger partial charge in [0.05, 0.1) is 54.3 Å². The minimum absolute atomic E-state index is 0.00702. The largest absolute Gasteiger partial charge is 0.493 e. The summed E-state index contributed by atoms with van der Waals surface area (Å²) in [6, 6.07) is 28.7. The first kappa shape index (κ1) is 57.9. The minimum atomic E-state index is -0.812. The van der Waals surface area contributed by atoms with Gasteiger partial charge < -0.3 is 49.7 Å². The van der Waals surface area contributed by atoms with Crippen LogP contribution in [0.5, 0.6) is 17.2 Å². The normalized spacial score (nSPS) is 16.8. The molecule has 0 spiro atoms. The summed E-state index contributed by atoms with van der Waals surface area (Å²) in [4.78, 5) is 92.2. The highest BCUT2D eigenvalue weighted by molar-refractivity contribution is 6.02. The standard InChI is InChI=1S/C64H77N7O10/c1-7-66-81-23-15-14-21-52(72)20-12-13-22-61(74)67-42(4)57(73)25-41(3)62(75)68-49-27-43(38-79-58-33-56-54(24-40(58)2)64(77)71-36-48-19-11-9-17-46(48)30-51(71)37-69(56)5)26-44(28-49)39-80-60-32-55-53(31-59(60)78-6)63(76)70-35-47-18-10-8-16-45(47)29-50(70)34-65-55/h8-11,16-19,24,26-28,31-33,41-42,50-51,65-66H,7,12-15,20-23,25,29-30,34-39H2,1-6H3,(H,67,74)(H,68,75)/t41-,42+,50+,51+/m1/s1. The van der Waals surface area contributed by atoms with Crippen molar-refractivity contribution in [2.75, 3.05) is 55.9 Å². The van der Waals surface area contributed by atoms with Crippen LogP contribution in [0.1, 0.15) is 132 Å². The number of carbonyl (C=O) groups is 6. The van der Waals surface area contributed by atoms with E-state index in [0.717, 1.165) is 49.0 Å². The van der Waals surface area contributed by atoms with Gasteiger partial charge in [-0.1, -0.05) is 62.4 Å². The van der Waals surface area contributed by atoms with Gasteiger partial charge in [0, 0.05) is 89.2 Å². The number of rotatable bonds is 25. The van der Waals surface area contributed by atoms with Crippen molar-refractivity contribution >= 4 is 52.3 Å². The Morgan fingerprint density at radius 2 is 1.33 bits per heavy atom. The van der Waals surface area contributed by atoms with Gasteiger partial charge in [0.25, 0.3) is 11.8 Å². The fourth-order valence-electron chi connectivity index (χ4n) is 11.4. The second-order valence-corrected chi connectivity index (χ2v) is 22.1. The van der Waals surface area contributed by atoms with Gasteiger partial charge >= 0.3 is 0 Å². The molecule has 428 valence electrons. The first-order chi connectivity index (χ1) is 39.2. The smallest absolute Gasteiger partial charge is 0.256 e. The van der Waals surface area contributed by atoms with Gasteiger partial charge in [-0.05, 0) is 122 Å². The van der Waals surface area contributed by atoms with E-state index < -0.39 is 17.9 Å². The van der Waals surface area contributed by atoms with Crippen LogP contribution >= 0.6 is 0 Å². The lowest BCUT2D eigenvalue weighted by molar-refractivity contribution is -0.129. The third kappa shape index (κ3) is 14.2. The predicted molar refractivity (Wildman–Crippen MR) is 311 cm³/mol. The van der Waals surface area contributed by atoms with Gasteiger partial charge in [0.15, 0.2) is 17.3 Å². The zero-order valence-electron chi connectivity index (χ0n) is 47.6. The molecule has 17 nitrogen and oxygen atoms in total. The number of aryl methyl sites for hydroxylation is 1. The molecule has 5 aromatic rings. The number of anilines is 3. The van der Waals surface area contributed by atoms with E-state index in [4.69, 9.17) is 19.0 Å². The van der Waals surface area contributed by atoms with E-state index in [9.17, 15) is 28.8 Å². The van der Waals surface area contributed by atoms with E-state index in [-0.39, 0.29) is 67.4 Å². The van der Waals surface area contributed by atoms with Crippen LogP contribution < -0.4 is 40.5 Å². The summed E-state index contributed by atoms with van der Waals surface area (Å²) >= 11 is 0. The molecule has 0 saturated heterocycles. The quantitative estimate of drug-likeness (QED) is 0.0319. The van der Waals surface area contributed by atoms with E-state index in [1.807, 2.05) is 79.2 Å². The Morgan fingerprint density at radius 3 is 2.01 bits per heavy atom. The fraction of sp³-hybridized carbons (Fsp3) is 0.438. The van der Waals surface area contributed by atoms with Gasteiger partial charge in [-0.3, -0.25) is 28.8 Å². The molecule has 0 unspecified atom stereocenters. The molecule has 5 aromatic carbocycles. The first-order valence-corrected chi connectivity index (χ1v) is 28.6. The molecule has 0 radical (unpaired) electrons. The fourth-order valence-corrected chi connectivity index (χ4v) is 11.4. The van der Waals surface area contributed by atoms with E-state index in [1.54, 1.807) is 26.0 Å². The highest BCUT2D eigenvalue weighted by Gasteiger charge is 2.37. The number of ether oxygens (including phenoxy) is 3. The number of benzene rings is 5. The summed E-state index contributed by atoms with van der Waals surface area (Å²) in [5.74, 6) is -0.224. The number of methoxy groups -OCH3 is 1. The maximum atomic E-state index is 14.3. The van der Waals surface area contributed by atoms with Crippen LogP contribution in [-0.4, -0.2) is 104 Å². The van der Waals surface area contributed by atoms with Gasteiger partial charge in [-0.2, -0.15) is 0 Å². The second kappa shape index (κ2) is 26.7.